The van der Waals surface area contributed by atoms with Crippen molar-refractivity contribution in [2.45, 2.75) is 31.0 Å². The van der Waals surface area contributed by atoms with Gasteiger partial charge in [0.1, 0.15) is 17.5 Å². The fourth-order valence-corrected chi connectivity index (χ4v) is 4.26. The summed E-state index contributed by atoms with van der Waals surface area (Å²) in [6.07, 6.45) is -4.32. The summed E-state index contributed by atoms with van der Waals surface area (Å²) < 4.78 is 51.9. The zero-order valence-corrected chi connectivity index (χ0v) is 19.8. The van der Waals surface area contributed by atoms with Crippen molar-refractivity contribution in [2.24, 2.45) is 0 Å². The van der Waals surface area contributed by atoms with Crippen LogP contribution < -0.4 is 14.9 Å². The number of esters is 1. The van der Waals surface area contributed by atoms with Crippen molar-refractivity contribution in [3.05, 3.63) is 89.0 Å². The van der Waals surface area contributed by atoms with E-state index in [-0.39, 0.29) is 30.2 Å². The molecule has 2 atom stereocenters. The highest BCUT2D eigenvalue weighted by Gasteiger charge is 2.36. The number of hydrogen-bond donors (Lipinski definition) is 2. The summed E-state index contributed by atoms with van der Waals surface area (Å²) in [5.41, 5.74) is 1.56. The minimum Gasteiger partial charge on any atom is -0.468 e. The average molecular weight is 519 g/mol. The maximum absolute atomic E-state index is 13.9. The number of methoxy groups -OCH3 is 1. The van der Waals surface area contributed by atoms with E-state index in [1.54, 1.807) is 36.4 Å². The Kier molecular flexibility index (Phi) is 7.51. The zero-order chi connectivity index (χ0) is 25.9. The van der Waals surface area contributed by atoms with E-state index in [9.17, 15) is 22.8 Å². The van der Waals surface area contributed by atoms with E-state index in [4.69, 9.17) is 16.5 Å². The third-order valence-electron chi connectivity index (χ3n) is 5.91. The maximum Gasteiger partial charge on any atom is 0.419 e. The number of benzene rings is 3. The molecule has 0 fully saturated rings. The summed E-state index contributed by atoms with van der Waals surface area (Å²) >= 11 is 5.58. The summed E-state index contributed by atoms with van der Waals surface area (Å²) in [6.45, 7) is 0. The Hall–Kier alpha value is -3.56. The SMILES string of the molecule is COC(=O)[C@H](Cc1ccc(Oc2ccc(CC3C(=O)Nc4ccccc43)cc2C(F)(F)F)cc1)NCl. The maximum atomic E-state index is 13.9. The van der Waals surface area contributed by atoms with Crippen molar-refractivity contribution >= 4 is 29.3 Å². The van der Waals surface area contributed by atoms with Gasteiger partial charge < -0.3 is 14.8 Å². The minimum atomic E-state index is -4.67. The first-order valence-electron chi connectivity index (χ1n) is 11.0. The number of nitrogens with one attached hydrogen (secondary N) is 2. The van der Waals surface area contributed by atoms with Crippen LogP contribution in [-0.2, 0) is 33.3 Å². The number of fused-ring (bicyclic) bond motifs is 1. The number of hydrogen-bond acceptors (Lipinski definition) is 5. The van der Waals surface area contributed by atoms with Crippen LogP contribution in [0.2, 0.25) is 0 Å². The number of halogens is 4. The second kappa shape index (κ2) is 10.6. The normalized spacial score (nSPS) is 15.7. The van der Waals surface area contributed by atoms with Gasteiger partial charge in [-0.25, -0.2) is 4.84 Å². The molecule has 4 rings (SSSR count). The zero-order valence-electron chi connectivity index (χ0n) is 19.1. The van der Waals surface area contributed by atoms with Crippen LogP contribution in [0.1, 0.15) is 28.2 Å². The highest BCUT2D eigenvalue weighted by atomic mass is 35.5. The molecule has 3 aromatic rings. The van der Waals surface area contributed by atoms with Crippen molar-refractivity contribution in [3.63, 3.8) is 0 Å². The fourth-order valence-electron chi connectivity index (χ4n) is 4.09. The van der Waals surface area contributed by atoms with Crippen molar-refractivity contribution < 1.29 is 32.2 Å². The number of carbonyl (C=O) groups excluding carboxylic acids is 2. The van der Waals surface area contributed by atoms with Gasteiger partial charge in [-0.2, -0.15) is 13.2 Å². The molecule has 0 aromatic heterocycles. The molecule has 188 valence electrons. The van der Waals surface area contributed by atoms with E-state index in [1.807, 2.05) is 0 Å². The molecule has 6 nitrogen and oxygen atoms in total. The predicted octanol–water partition coefficient (Wildman–Crippen LogP) is 5.60. The van der Waals surface area contributed by atoms with E-state index in [0.29, 0.717) is 16.8 Å². The van der Waals surface area contributed by atoms with Crippen LogP contribution in [0.25, 0.3) is 0 Å². The third-order valence-corrected chi connectivity index (χ3v) is 6.17. The molecule has 0 spiro atoms. The second-order valence-corrected chi connectivity index (χ2v) is 8.51. The summed E-state index contributed by atoms with van der Waals surface area (Å²) in [5.74, 6) is -1.53. The number of anilines is 1. The van der Waals surface area contributed by atoms with Gasteiger partial charge in [-0.1, -0.05) is 36.4 Å². The summed E-state index contributed by atoms with van der Waals surface area (Å²) in [4.78, 5) is 26.4. The average Bonchev–Trinajstić information content (AvgIpc) is 3.18. The van der Waals surface area contributed by atoms with Gasteiger partial charge in [0, 0.05) is 5.69 Å². The first-order chi connectivity index (χ1) is 17.2. The fraction of sp³-hybridized carbons (Fsp3) is 0.231. The Morgan fingerprint density at radius 1 is 1.08 bits per heavy atom. The van der Waals surface area contributed by atoms with Crippen LogP contribution in [-0.4, -0.2) is 25.0 Å². The van der Waals surface area contributed by atoms with E-state index >= 15 is 0 Å². The molecule has 1 unspecified atom stereocenters. The van der Waals surface area contributed by atoms with Crippen LogP contribution >= 0.6 is 11.8 Å². The molecular formula is C26H22ClF3N2O4. The molecule has 1 aliphatic rings. The molecule has 10 heteroatoms. The van der Waals surface area contributed by atoms with E-state index in [2.05, 4.69) is 14.9 Å². The number of ether oxygens (including phenoxy) is 2. The molecule has 0 saturated heterocycles. The first kappa shape index (κ1) is 25.5. The Morgan fingerprint density at radius 2 is 1.78 bits per heavy atom. The number of para-hydroxylation sites is 1. The molecule has 1 heterocycles. The van der Waals surface area contributed by atoms with Gasteiger partial charge in [0.25, 0.3) is 0 Å². The lowest BCUT2D eigenvalue weighted by atomic mass is 9.92. The molecule has 36 heavy (non-hydrogen) atoms. The lowest BCUT2D eigenvalue weighted by Crippen LogP contribution is -2.33. The lowest BCUT2D eigenvalue weighted by Gasteiger charge is -2.17. The molecule has 0 radical (unpaired) electrons. The Labute approximate surface area is 210 Å². The van der Waals surface area contributed by atoms with Crippen molar-refractivity contribution in [1.82, 2.24) is 4.84 Å². The van der Waals surface area contributed by atoms with Crippen molar-refractivity contribution in [1.29, 1.82) is 0 Å². The number of alkyl halides is 3. The van der Waals surface area contributed by atoms with Gasteiger partial charge in [0.2, 0.25) is 5.91 Å². The van der Waals surface area contributed by atoms with Gasteiger partial charge in [0.15, 0.2) is 0 Å². The second-order valence-electron chi connectivity index (χ2n) is 8.30. The summed E-state index contributed by atoms with van der Waals surface area (Å²) in [5, 5.41) is 2.76. The summed E-state index contributed by atoms with van der Waals surface area (Å²) in [6, 6.07) is 16.4. The molecule has 0 saturated carbocycles. The monoisotopic (exact) mass is 518 g/mol. The Balaban J connectivity index is 1.53. The predicted molar refractivity (Wildman–Crippen MR) is 128 cm³/mol. The van der Waals surface area contributed by atoms with E-state index < -0.39 is 29.7 Å². The van der Waals surface area contributed by atoms with Crippen LogP contribution in [0.3, 0.4) is 0 Å². The number of rotatable bonds is 8. The van der Waals surface area contributed by atoms with Gasteiger partial charge in [0.05, 0.1) is 18.6 Å². The van der Waals surface area contributed by atoms with Crippen molar-refractivity contribution in [3.8, 4) is 11.5 Å². The van der Waals surface area contributed by atoms with Crippen LogP contribution in [0, 0.1) is 0 Å². The van der Waals surface area contributed by atoms with E-state index in [0.717, 1.165) is 11.6 Å². The van der Waals surface area contributed by atoms with Gasteiger partial charge >= 0.3 is 12.1 Å². The first-order valence-corrected chi connectivity index (χ1v) is 11.4. The highest BCUT2D eigenvalue weighted by molar-refractivity contribution is 6.14. The molecule has 2 N–H and O–H groups in total. The molecule has 0 bridgehead atoms. The molecular weight excluding hydrogens is 497 g/mol. The van der Waals surface area contributed by atoms with Crippen LogP contribution in [0.5, 0.6) is 11.5 Å². The largest absolute Gasteiger partial charge is 0.468 e. The Morgan fingerprint density at radius 3 is 2.44 bits per heavy atom. The van der Waals surface area contributed by atoms with Gasteiger partial charge in [-0.3, -0.25) is 9.59 Å². The van der Waals surface area contributed by atoms with Gasteiger partial charge in [-0.05, 0) is 71.6 Å². The third kappa shape index (κ3) is 5.63. The van der Waals surface area contributed by atoms with Gasteiger partial charge in [-0.15, -0.1) is 0 Å². The quantitative estimate of drug-likeness (QED) is 0.300. The molecule has 0 aliphatic carbocycles. The molecule has 1 amide bonds. The number of amides is 1. The number of carbonyl (C=O) groups is 2. The lowest BCUT2D eigenvalue weighted by molar-refractivity contribution is -0.142. The minimum absolute atomic E-state index is 0.122. The topological polar surface area (TPSA) is 76.7 Å². The Bertz CT molecular complexity index is 1260. The van der Waals surface area contributed by atoms with Crippen LogP contribution in [0.15, 0.2) is 66.7 Å². The van der Waals surface area contributed by atoms with Crippen molar-refractivity contribution in [2.75, 3.05) is 12.4 Å². The summed E-state index contributed by atoms with van der Waals surface area (Å²) in [7, 11) is 1.24. The highest BCUT2D eigenvalue weighted by Crippen LogP contribution is 2.40. The standard InChI is InChI=1S/C26H22ClF3N2O4/c1-35-25(34)22(32-27)14-15-6-9-17(10-7-15)36-23-11-8-16(13-20(23)26(28,29)30)12-19-18-4-2-3-5-21(18)31-24(19)33/h2-11,13,19,22,32H,12,14H2,1H3,(H,31,33)/t19?,22-/m0/s1. The van der Waals surface area contributed by atoms with E-state index in [1.165, 1.54) is 31.4 Å². The van der Waals surface area contributed by atoms with Crippen LogP contribution in [0.4, 0.5) is 18.9 Å². The molecule has 1 aliphatic heterocycles. The molecule has 3 aromatic carbocycles. The smallest absolute Gasteiger partial charge is 0.419 e.